The highest BCUT2D eigenvalue weighted by atomic mass is 35.5. The molecule has 0 bridgehead atoms. The molecule has 0 fully saturated rings. The van der Waals surface area contributed by atoms with Crippen LogP contribution in [0.15, 0.2) is 53.4 Å². The van der Waals surface area contributed by atoms with Crippen LogP contribution in [0.3, 0.4) is 0 Å². The first-order valence-electron chi connectivity index (χ1n) is 10.8. The third kappa shape index (κ3) is 7.28. The van der Waals surface area contributed by atoms with Gasteiger partial charge >= 0.3 is 0 Å². The number of nitrogens with zero attached hydrogens (tertiary/aromatic N) is 2. The van der Waals surface area contributed by atoms with Crippen molar-refractivity contribution < 1.29 is 18.0 Å². The summed E-state index contributed by atoms with van der Waals surface area (Å²) in [4.78, 5) is 27.6. The molecule has 0 heterocycles. The summed E-state index contributed by atoms with van der Waals surface area (Å²) in [5, 5.41) is 3.45. The van der Waals surface area contributed by atoms with E-state index in [-0.39, 0.29) is 23.4 Å². The number of hydrogen-bond acceptors (Lipinski definition) is 4. The Morgan fingerprint density at radius 2 is 1.61 bits per heavy atom. The van der Waals surface area contributed by atoms with Crippen LogP contribution >= 0.6 is 11.6 Å². The van der Waals surface area contributed by atoms with Crippen LogP contribution in [0.1, 0.15) is 38.3 Å². The lowest BCUT2D eigenvalue weighted by molar-refractivity contribution is -0.140. The van der Waals surface area contributed by atoms with E-state index in [0.717, 1.165) is 21.9 Å². The molecule has 0 aliphatic rings. The number of amides is 2. The Morgan fingerprint density at radius 3 is 2.15 bits per heavy atom. The van der Waals surface area contributed by atoms with Gasteiger partial charge in [-0.2, -0.15) is 4.31 Å². The third-order valence-electron chi connectivity index (χ3n) is 5.52. The summed E-state index contributed by atoms with van der Waals surface area (Å²) >= 11 is 5.97. The van der Waals surface area contributed by atoms with Gasteiger partial charge in [0.1, 0.15) is 6.04 Å². The number of carbonyl (C=O) groups excluding carboxylic acids is 2. The molecule has 0 aliphatic heterocycles. The Hall–Kier alpha value is -2.42. The van der Waals surface area contributed by atoms with Crippen molar-refractivity contribution >= 4 is 33.4 Å². The second-order valence-electron chi connectivity index (χ2n) is 8.22. The van der Waals surface area contributed by atoms with Gasteiger partial charge in [0.25, 0.3) is 0 Å². The number of nitrogens with one attached hydrogen (secondary N) is 1. The van der Waals surface area contributed by atoms with Crippen LogP contribution in [-0.4, -0.2) is 55.1 Å². The number of rotatable bonds is 10. The molecule has 180 valence electrons. The maximum absolute atomic E-state index is 13.3. The number of likely N-dealkylation sites (N-methyl/N-ethyl adjacent to an activating group) is 1. The summed E-state index contributed by atoms with van der Waals surface area (Å²) in [5.41, 5.74) is 1.71. The average Bonchev–Trinajstić information content (AvgIpc) is 2.78. The van der Waals surface area contributed by atoms with Crippen molar-refractivity contribution in [2.45, 2.75) is 57.6 Å². The first-order valence-corrected chi connectivity index (χ1v) is 12.6. The van der Waals surface area contributed by atoms with Gasteiger partial charge in [0.15, 0.2) is 0 Å². The molecule has 0 saturated carbocycles. The van der Waals surface area contributed by atoms with Gasteiger partial charge in [0.2, 0.25) is 21.8 Å². The van der Waals surface area contributed by atoms with E-state index < -0.39 is 28.5 Å². The standard InChI is InChI=1S/C24H32ClN3O4S/c1-6-18(3)26-24(30)19(4)28(15-20-9-11-21(25)12-10-20)23(29)16-27(5)33(31,32)22-13-7-17(2)8-14-22/h7-14,18-19H,6,15-16H2,1-5H3,(H,26,30)/t18-,19-/m0/s1. The lowest BCUT2D eigenvalue weighted by Crippen LogP contribution is -2.51. The summed E-state index contributed by atoms with van der Waals surface area (Å²) in [6, 6.07) is 12.6. The molecule has 2 rings (SSSR count). The molecular weight excluding hydrogens is 462 g/mol. The van der Waals surface area contributed by atoms with E-state index in [0.29, 0.717) is 5.02 Å². The van der Waals surface area contributed by atoms with Crippen LogP contribution < -0.4 is 5.32 Å². The normalized spacial score (nSPS) is 13.4. The molecular formula is C24H32ClN3O4S. The third-order valence-corrected chi connectivity index (χ3v) is 7.59. The summed E-state index contributed by atoms with van der Waals surface area (Å²) in [6.07, 6.45) is 0.751. The first kappa shape index (κ1) is 26.8. The predicted molar refractivity (Wildman–Crippen MR) is 130 cm³/mol. The number of carbonyl (C=O) groups is 2. The molecule has 0 spiro atoms. The van der Waals surface area contributed by atoms with Crippen LogP contribution in [0.2, 0.25) is 5.02 Å². The molecule has 2 aromatic rings. The minimum absolute atomic E-state index is 0.0444. The number of sulfonamides is 1. The zero-order valence-electron chi connectivity index (χ0n) is 19.7. The lowest BCUT2D eigenvalue weighted by Gasteiger charge is -2.31. The van der Waals surface area contributed by atoms with E-state index in [1.165, 1.54) is 24.1 Å². The summed E-state index contributed by atoms with van der Waals surface area (Å²) in [7, 11) is -2.51. The molecule has 7 nitrogen and oxygen atoms in total. The number of aryl methyl sites for hydroxylation is 1. The highest BCUT2D eigenvalue weighted by molar-refractivity contribution is 7.89. The maximum Gasteiger partial charge on any atom is 0.243 e. The topological polar surface area (TPSA) is 86.8 Å². The van der Waals surface area contributed by atoms with E-state index in [1.807, 2.05) is 20.8 Å². The Bertz CT molecular complexity index is 1060. The maximum atomic E-state index is 13.3. The Kier molecular flexibility index (Phi) is 9.46. The monoisotopic (exact) mass is 493 g/mol. The Labute approximate surface area is 201 Å². The fourth-order valence-corrected chi connectivity index (χ4v) is 4.34. The van der Waals surface area contributed by atoms with Crippen molar-refractivity contribution in [1.29, 1.82) is 0 Å². The van der Waals surface area contributed by atoms with Gasteiger partial charge in [0, 0.05) is 24.7 Å². The number of hydrogen-bond donors (Lipinski definition) is 1. The van der Waals surface area contributed by atoms with Gasteiger partial charge in [-0.05, 0) is 57.0 Å². The highest BCUT2D eigenvalue weighted by Gasteiger charge is 2.30. The van der Waals surface area contributed by atoms with Crippen LogP contribution in [0.4, 0.5) is 0 Å². The molecule has 33 heavy (non-hydrogen) atoms. The highest BCUT2D eigenvalue weighted by Crippen LogP contribution is 2.17. The fraction of sp³-hybridized carbons (Fsp3) is 0.417. The van der Waals surface area contributed by atoms with E-state index >= 15 is 0 Å². The molecule has 0 aliphatic carbocycles. The van der Waals surface area contributed by atoms with Crippen molar-refractivity contribution in [3.05, 3.63) is 64.7 Å². The van der Waals surface area contributed by atoms with E-state index in [2.05, 4.69) is 5.32 Å². The van der Waals surface area contributed by atoms with Gasteiger partial charge in [-0.3, -0.25) is 9.59 Å². The molecule has 0 saturated heterocycles. The minimum atomic E-state index is -3.86. The fourth-order valence-electron chi connectivity index (χ4n) is 3.09. The second kappa shape index (κ2) is 11.6. The zero-order valence-corrected chi connectivity index (χ0v) is 21.3. The number of halogens is 1. The summed E-state index contributed by atoms with van der Waals surface area (Å²) < 4.78 is 26.9. The van der Waals surface area contributed by atoms with Crippen LogP contribution in [0.5, 0.6) is 0 Å². The smallest absolute Gasteiger partial charge is 0.243 e. The van der Waals surface area contributed by atoms with Crippen molar-refractivity contribution in [3.63, 3.8) is 0 Å². The predicted octanol–water partition coefficient (Wildman–Crippen LogP) is 3.60. The molecule has 9 heteroatoms. The second-order valence-corrected chi connectivity index (χ2v) is 10.7. The van der Waals surface area contributed by atoms with Crippen molar-refractivity contribution in [1.82, 2.24) is 14.5 Å². The summed E-state index contributed by atoms with van der Waals surface area (Å²) in [5.74, 6) is -0.773. The van der Waals surface area contributed by atoms with E-state index in [4.69, 9.17) is 11.6 Å². The number of benzene rings is 2. The molecule has 0 aromatic heterocycles. The SMILES string of the molecule is CC[C@H](C)NC(=O)[C@H](C)N(Cc1ccc(Cl)cc1)C(=O)CN(C)S(=O)(=O)c1ccc(C)cc1. The van der Waals surface area contributed by atoms with E-state index in [1.54, 1.807) is 43.3 Å². The quantitative estimate of drug-likeness (QED) is 0.547. The van der Waals surface area contributed by atoms with Gasteiger partial charge < -0.3 is 10.2 Å². The largest absolute Gasteiger partial charge is 0.352 e. The van der Waals surface area contributed by atoms with E-state index in [9.17, 15) is 18.0 Å². The molecule has 0 radical (unpaired) electrons. The summed E-state index contributed by atoms with van der Waals surface area (Å²) in [6.45, 7) is 7.09. The molecule has 2 atom stereocenters. The van der Waals surface area contributed by atoms with Gasteiger partial charge in [-0.25, -0.2) is 8.42 Å². The lowest BCUT2D eigenvalue weighted by atomic mass is 10.1. The Morgan fingerprint density at radius 1 is 1.03 bits per heavy atom. The Balaban J connectivity index is 2.26. The van der Waals surface area contributed by atoms with Gasteiger partial charge in [-0.1, -0.05) is 48.4 Å². The van der Waals surface area contributed by atoms with Crippen LogP contribution in [0, 0.1) is 6.92 Å². The van der Waals surface area contributed by atoms with Crippen molar-refractivity contribution in [2.75, 3.05) is 13.6 Å². The van der Waals surface area contributed by atoms with Gasteiger partial charge in [0.05, 0.1) is 11.4 Å². The first-order chi connectivity index (χ1) is 15.4. The van der Waals surface area contributed by atoms with Crippen LogP contribution in [0.25, 0.3) is 0 Å². The van der Waals surface area contributed by atoms with Crippen molar-refractivity contribution in [2.24, 2.45) is 0 Å². The molecule has 1 N–H and O–H groups in total. The molecule has 2 aromatic carbocycles. The molecule has 0 unspecified atom stereocenters. The molecule has 2 amide bonds. The van der Waals surface area contributed by atoms with Gasteiger partial charge in [-0.15, -0.1) is 0 Å². The average molecular weight is 494 g/mol. The van der Waals surface area contributed by atoms with Crippen LogP contribution in [-0.2, 0) is 26.2 Å². The van der Waals surface area contributed by atoms with Crippen molar-refractivity contribution in [3.8, 4) is 0 Å². The minimum Gasteiger partial charge on any atom is -0.352 e. The zero-order chi connectivity index (χ0) is 24.8.